The van der Waals surface area contributed by atoms with Crippen LogP contribution in [0, 0.1) is 0 Å². The van der Waals surface area contributed by atoms with E-state index in [1.165, 1.54) is 11.7 Å². The average molecular weight is 361 g/mol. The van der Waals surface area contributed by atoms with E-state index in [9.17, 15) is 8.42 Å². The molecule has 0 atom stereocenters. The molecule has 0 fully saturated rings. The van der Waals surface area contributed by atoms with Gasteiger partial charge in [-0.1, -0.05) is 28.1 Å². The fourth-order valence-corrected chi connectivity index (χ4v) is 2.60. The second kappa shape index (κ2) is 6.00. The highest BCUT2D eigenvalue weighted by atomic mass is 79.9. The van der Waals surface area contributed by atoms with Crippen LogP contribution in [-0.4, -0.2) is 36.9 Å². The number of nitrogens with zero attached hydrogens (tertiary/aromatic N) is 3. The molecule has 7 nitrogen and oxygen atoms in total. The maximum Gasteiger partial charge on any atom is 0.273 e. The number of primary sulfonamides is 1. The number of nitrogens with two attached hydrogens (primary N) is 1. The summed E-state index contributed by atoms with van der Waals surface area (Å²) in [5.41, 5.74) is 0.742. The standard InChI is InChI=1S/C11H13BrN4O3S/c1-19-7-6-16-10(8-2-4-9(12)5-3-8)14-15-11(16)20(13,17)18/h2-5H,6-7H2,1H3,(H2,13,17,18). The zero-order valence-corrected chi connectivity index (χ0v) is 13.1. The average Bonchev–Trinajstić information content (AvgIpc) is 2.81. The summed E-state index contributed by atoms with van der Waals surface area (Å²) >= 11 is 3.34. The molecule has 1 aromatic heterocycles. The lowest BCUT2D eigenvalue weighted by atomic mass is 10.2. The minimum absolute atomic E-state index is 0.271. The number of sulfonamides is 1. The van der Waals surface area contributed by atoms with Gasteiger partial charge in [0.2, 0.25) is 0 Å². The molecule has 0 aliphatic heterocycles. The molecular formula is C11H13BrN4O3S. The minimum Gasteiger partial charge on any atom is -0.383 e. The predicted octanol–water partition coefficient (Wildman–Crippen LogP) is 1.00. The quantitative estimate of drug-likeness (QED) is 0.857. The minimum atomic E-state index is -3.93. The van der Waals surface area contributed by atoms with Crippen LogP contribution in [-0.2, 0) is 21.3 Å². The summed E-state index contributed by atoms with van der Waals surface area (Å²) in [4.78, 5) is 0. The van der Waals surface area contributed by atoms with E-state index in [4.69, 9.17) is 9.88 Å². The van der Waals surface area contributed by atoms with Crippen LogP contribution in [0.2, 0.25) is 0 Å². The molecule has 2 N–H and O–H groups in total. The Morgan fingerprint density at radius 3 is 2.50 bits per heavy atom. The van der Waals surface area contributed by atoms with Crippen LogP contribution in [0.1, 0.15) is 0 Å². The SMILES string of the molecule is COCCn1c(-c2ccc(Br)cc2)nnc1S(N)(=O)=O. The van der Waals surface area contributed by atoms with Gasteiger partial charge < -0.3 is 4.74 Å². The van der Waals surface area contributed by atoms with Gasteiger partial charge in [0.25, 0.3) is 15.2 Å². The van der Waals surface area contributed by atoms with Gasteiger partial charge in [0.1, 0.15) is 0 Å². The summed E-state index contributed by atoms with van der Waals surface area (Å²) < 4.78 is 30.4. The molecule has 0 bridgehead atoms. The van der Waals surface area contributed by atoms with Crippen molar-refractivity contribution in [2.24, 2.45) is 5.14 Å². The first-order chi connectivity index (χ1) is 9.43. The van der Waals surface area contributed by atoms with Crippen LogP contribution < -0.4 is 5.14 Å². The molecule has 0 spiro atoms. The van der Waals surface area contributed by atoms with Gasteiger partial charge in [0.15, 0.2) is 5.82 Å². The van der Waals surface area contributed by atoms with Crippen molar-refractivity contribution in [2.45, 2.75) is 11.7 Å². The van der Waals surface area contributed by atoms with E-state index in [-0.39, 0.29) is 5.16 Å². The second-order valence-electron chi connectivity index (χ2n) is 4.00. The molecule has 108 valence electrons. The molecule has 0 saturated carbocycles. The lowest BCUT2D eigenvalue weighted by Crippen LogP contribution is -2.20. The summed E-state index contributed by atoms with van der Waals surface area (Å²) in [6.45, 7) is 0.616. The van der Waals surface area contributed by atoms with Crippen molar-refractivity contribution in [1.82, 2.24) is 14.8 Å². The number of rotatable bonds is 5. The molecule has 0 amide bonds. The van der Waals surface area contributed by atoms with Crippen molar-refractivity contribution in [3.05, 3.63) is 28.7 Å². The number of ether oxygens (including phenoxy) is 1. The van der Waals surface area contributed by atoms with Gasteiger partial charge >= 0.3 is 0 Å². The largest absolute Gasteiger partial charge is 0.383 e. The van der Waals surface area contributed by atoms with E-state index in [0.717, 1.165) is 10.0 Å². The van der Waals surface area contributed by atoms with Gasteiger partial charge in [0.05, 0.1) is 13.2 Å². The molecule has 2 aromatic rings. The molecular weight excluding hydrogens is 348 g/mol. The normalized spacial score (nSPS) is 11.8. The van der Waals surface area contributed by atoms with Crippen LogP contribution in [0.25, 0.3) is 11.4 Å². The number of hydrogen-bond acceptors (Lipinski definition) is 5. The highest BCUT2D eigenvalue weighted by Crippen LogP contribution is 2.22. The van der Waals surface area contributed by atoms with Gasteiger partial charge in [-0.3, -0.25) is 4.57 Å². The smallest absolute Gasteiger partial charge is 0.273 e. The molecule has 9 heteroatoms. The molecule has 0 radical (unpaired) electrons. The van der Waals surface area contributed by atoms with Crippen LogP contribution in [0.15, 0.2) is 33.9 Å². The Labute approximate surface area is 124 Å². The van der Waals surface area contributed by atoms with Crippen LogP contribution in [0.3, 0.4) is 0 Å². The first-order valence-electron chi connectivity index (χ1n) is 5.64. The van der Waals surface area contributed by atoms with E-state index in [2.05, 4.69) is 26.1 Å². The van der Waals surface area contributed by atoms with Crippen molar-refractivity contribution < 1.29 is 13.2 Å². The van der Waals surface area contributed by atoms with E-state index in [0.29, 0.717) is 19.0 Å². The lowest BCUT2D eigenvalue weighted by molar-refractivity contribution is 0.185. The Morgan fingerprint density at radius 1 is 1.30 bits per heavy atom. The van der Waals surface area contributed by atoms with Crippen molar-refractivity contribution in [3.8, 4) is 11.4 Å². The predicted molar refractivity (Wildman–Crippen MR) is 76.4 cm³/mol. The zero-order valence-electron chi connectivity index (χ0n) is 10.7. The maximum atomic E-state index is 11.5. The summed E-state index contributed by atoms with van der Waals surface area (Å²) in [6, 6.07) is 7.29. The molecule has 0 saturated heterocycles. The Kier molecular flexibility index (Phi) is 4.53. The number of benzene rings is 1. The summed E-state index contributed by atoms with van der Waals surface area (Å²) in [6.07, 6.45) is 0. The molecule has 0 aliphatic carbocycles. The van der Waals surface area contributed by atoms with Gasteiger partial charge in [-0.25, -0.2) is 13.6 Å². The third kappa shape index (κ3) is 3.23. The highest BCUT2D eigenvalue weighted by Gasteiger charge is 2.21. The number of halogens is 1. The van der Waals surface area contributed by atoms with Crippen molar-refractivity contribution in [2.75, 3.05) is 13.7 Å². The molecule has 1 heterocycles. The third-order valence-electron chi connectivity index (χ3n) is 2.59. The maximum absolute atomic E-state index is 11.5. The Balaban J connectivity index is 2.53. The fourth-order valence-electron chi connectivity index (χ4n) is 1.70. The van der Waals surface area contributed by atoms with E-state index >= 15 is 0 Å². The first-order valence-corrected chi connectivity index (χ1v) is 7.98. The third-order valence-corrected chi connectivity index (χ3v) is 3.93. The van der Waals surface area contributed by atoms with Crippen molar-refractivity contribution >= 4 is 26.0 Å². The Hall–Kier alpha value is -1.29. The summed E-state index contributed by atoms with van der Waals surface area (Å²) in [5, 5.41) is 12.5. The molecule has 2 rings (SSSR count). The topological polar surface area (TPSA) is 100 Å². The number of aromatic nitrogens is 3. The molecule has 20 heavy (non-hydrogen) atoms. The van der Waals surface area contributed by atoms with E-state index < -0.39 is 10.0 Å². The van der Waals surface area contributed by atoms with E-state index in [1.807, 2.05) is 24.3 Å². The number of hydrogen-bond donors (Lipinski definition) is 1. The Morgan fingerprint density at radius 2 is 1.95 bits per heavy atom. The zero-order chi connectivity index (χ0) is 14.8. The van der Waals surface area contributed by atoms with Crippen molar-refractivity contribution in [3.63, 3.8) is 0 Å². The Bertz CT molecular complexity index is 697. The lowest BCUT2D eigenvalue weighted by Gasteiger charge is -2.08. The molecule has 0 unspecified atom stereocenters. The van der Waals surface area contributed by atoms with Gasteiger partial charge in [-0.15, -0.1) is 10.2 Å². The number of methoxy groups -OCH3 is 1. The second-order valence-corrected chi connectivity index (χ2v) is 6.37. The van der Waals surface area contributed by atoms with Crippen LogP contribution in [0.5, 0.6) is 0 Å². The fraction of sp³-hybridized carbons (Fsp3) is 0.273. The van der Waals surface area contributed by atoms with Crippen molar-refractivity contribution in [1.29, 1.82) is 0 Å². The summed E-state index contributed by atoms with van der Waals surface area (Å²) in [7, 11) is -2.41. The molecule has 1 aromatic carbocycles. The van der Waals surface area contributed by atoms with Gasteiger partial charge in [0, 0.05) is 17.1 Å². The monoisotopic (exact) mass is 360 g/mol. The van der Waals surface area contributed by atoms with Gasteiger partial charge in [-0.05, 0) is 12.1 Å². The van der Waals surface area contributed by atoms with Crippen LogP contribution in [0.4, 0.5) is 0 Å². The van der Waals surface area contributed by atoms with Gasteiger partial charge in [-0.2, -0.15) is 0 Å². The van der Waals surface area contributed by atoms with E-state index in [1.54, 1.807) is 0 Å². The molecule has 0 aliphatic rings. The van der Waals surface area contributed by atoms with Crippen LogP contribution >= 0.6 is 15.9 Å². The highest BCUT2D eigenvalue weighted by molar-refractivity contribution is 9.10. The summed E-state index contributed by atoms with van der Waals surface area (Å²) in [5.74, 6) is 0.429. The first kappa shape index (κ1) is 15.1.